The lowest BCUT2D eigenvalue weighted by molar-refractivity contribution is -0.132. The number of carbonyl (C=O) groups is 1. The zero-order chi connectivity index (χ0) is 8.69. The van der Waals surface area contributed by atoms with Crippen molar-refractivity contribution in [2.75, 3.05) is 0 Å². The van der Waals surface area contributed by atoms with Gasteiger partial charge in [-0.1, -0.05) is 26.7 Å². The molecule has 0 spiro atoms. The van der Waals surface area contributed by atoms with Gasteiger partial charge in [0.15, 0.2) is 16.3 Å². The van der Waals surface area contributed by atoms with Gasteiger partial charge >= 0.3 is 5.97 Å². The number of hydrogen-bond donors (Lipinski definition) is 0. The van der Waals surface area contributed by atoms with Gasteiger partial charge in [-0.3, -0.25) is 4.79 Å². The van der Waals surface area contributed by atoms with Crippen LogP contribution < -0.4 is 0 Å². The Balaban J connectivity index is 3.08. The van der Waals surface area contributed by atoms with E-state index in [-0.39, 0.29) is 5.97 Å². The molecule has 11 heavy (non-hydrogen) atoms. The lowest BCUT2D eigenvalue weighted by atomic mass is 10.1. The van der Waals surface area contributed by atoms with Gasteiger partial charge in [0, 0.05) is 6.42 Å². The molecule has 0 bridgehead atoms. The molecule has 0 atom stereocenters. The Hall–Kier alpha value is -0.0500. The summed E-state index contributed by atoms with van der Waals surface area (Å²) in [6.45, 7) is 4.37. The minimum absolute atomic E-state index is 0.172. The third-order valence-electron chi connectivity index (χ3n) is 1.50. The molecule has 66 valence electrons. The molecule has 0 rings (SSSR count). The van der Waals surface area contributed by atoms with Crippen LogP contribution in [0.15, 0.2) is 0 Å². The summed E-state index contributed by atoms with van der Waals surface area (Å²) in [5, 5.41) is 0. The molecule has 0 unspecified atom stereocenters. The summed E-state index contributed by atoms with van der Waals surface area (Å²) in [5.41, 5.74) is 0. The molecule has 0 aliphatic carbocycles. The Morgan fingerprint density at radius 1 is 1.45 bits per heavy atom. The SMILES string of the molecule is CC(C)CCCCC(=O)OBr. The highest BCUT2D eigenvalue weighted by molar-refractivity contribution is 9.06. The zero-order valence-electron chi connectivity index (χ0n) is 7.10. The number of unbranched alkanes of at least 4 members (excludes halogenated alkanes) is 1. The topological polar surface area (TPSA) is 26.3 Å². The third-order valence-corrected chi connectivity index (χ3v) is 1.86. The molecule has 2 nitrogen and oxygen atoms in total. The summed E-state index contributed by atoms with van der Waals surface area (Å²) in [6.07, 6.45) is 3.76. The molecule has 0 fully saturated rings. The summed E-state index contributed by atoms with van der Waals surface area (Å²) in [7, 11) is 0. The van der Waals surface area contributed by atoms with Crippen molar-refractivity contribution in [1.82, 2.24) is 0 Å². The van der Waals surface area contributed by atoms with Gasteiger partial charge in [-0.05, 0) is 12.3 Å². The van der Waals surface area contributed by atoms with E-state index in [1.54, 1.807) is 0 Å². The average molecular weight is 223 g/mol. The highest BCUT2D eigenvalue weighted by Crippen LogP contribution is 2.08. The Labute approximate surface area is 76.8 Å². The normalized spacial score (nSPS) is 10.2. The maximum atomic E-state index is 10.6. The van der Waals surface area contributed by atoms with Crippen molar-refractivity contribution in [1.29, 1.82) is 0 Å². The van der Waals surface area contributed by atoms with Crippen molar-refractivity contribution in [3.63, 3.8) is 0 Å². The van der Waals surface area contributed by atoms with E-state index in [0.717, 1.165) is 18.8 Å². The van der Waals surface area contributed by atoms with E-state index in [4.69, 9.17) is 0 Å². The van der Waals surface area contributed by atoms with Crippen LogP contribution in [0.3, 0.4) is 0 Å². The van der Waals surface area contributed by atoms with E-state index < -0.39 is 0 Å². The molecule has 0 aromatic rings. The zero-order valence-corrected chi connectivity index (χ0v) is 8.69. The Morgan fingerprint density at radius 3 is 2.55 bits per heavy atom. The van der Waals surface area contributed by atoms with Gasteiger partial charge in [-0.15, -0.1) is 0 Å². The standard InChI is InChI=1S/C8H15BrO2/c1-7(2)5-3-4-6-8(10)11-9/h7H,3-6H2,1-2H3. The molecule has 3 heteroatoms. The predicted octanol–water partition coefficient (Wildman–Crippen LogP) is 3.06. The van der Waals surface area contributed by atoms with E-state index in [9.17, 15) is 4.79 Å². The van der Waals surface area contributed by atoms with Crippen molar-refractivity contribution in [3.8, 4) is 0 Å². The van der Waals surface area contributed by atoms with Gasteiger partial charge in [0.05, 0.1) is 0 Å². The first-order valence-electron chi connectivity index (χ1n) is 3.98. The lowest BCUT2D eigenvalue weighted by Crippen LogP contribution is -1.96. The second-order valence-corrected chi connectivity index (χ2v) is 3.41. The molecule has 0 amide bonds. The number of hydrogen-bond acceptors (Lipinski definition) is 2. The van der Waals surface area contributed by atoms with Crippen LogP contribution in [0.2, 0.25) is 0 Å². The Bertz CT molecular complexity index is 113. The van der Waals surface area contributed by atoms with Crippen LogP contribution in [0, 0.1) is 5.92 Å². The summed E-state index contributed by atoms with van der Waals surface area (Å²) < 4.78 is 4.33. The van der Waals surface area contributed by atoms with Gasteiger partial charge in [-0.25, -0.2) is 0 Å². The van der Waals surface area contributed by atoms with Crippen LogP contribution in [0.25, 0.3) is 0 Å². The minimum Gasteiger partial charge on any atom is -0.384 e. The maximum absolute atomic E-state index is 10.6. The molecule has 0 aliphatic rings. The average Bonchev–Trinajstić information content (AvgIpc) is 1.97. The molecule has 0 aromatic carbocycles. The van der Waals surface area contributed by atoms with Gasteiger partial charge in [0.1, 0.15) is 0 Å². The summed E-state index contributed by atoms with van der Waals surface area (Å²) in [6, 6.07) is 0. The fourth-order valence-electron chi connectivity index (χ4n) is 0.860. The fraction of sp³-hybridized carbons (Fsp3) is 0.875. The molecule has 0 aliphatic heterocycles. The Morgan fingerprint density at radius 2 is 2.09 bits per heavy atom. The highest BCUT2D eigenvalue weighted by Gasteiger charge is 2.00. The van der Waals surface area contributed by atoms with E-state index in [2.05, 4.69) is 33.9 Å². The van der Waals surface area contributed by atoms with E-state index in [1.165, 1.54) is 6.42 Å². The lowest BCUT2D eigenvalue weighted by Gasteiger charge is -2.02. The van der Waals surface area contributed by atoms with Crippen LogP contribution in [-0.2, 0) is 8.62 Å². The quantitative estimate of drug-likeness (QED) is 0.669. The van der Waals surface area contributed by atoms with Crippen molar-refractivity contribution in [2.24, 2.45) is 5.92 Å². The first-order chi connectivity index (χ1) is 5.16. The molecule has 0 radical (unpaired) electrons. The minimum atomic E-state index is -0.172. The number of rotatable bonds is 5. The van der Waals surface area contributed by atoms with Crippen molar-refractivity contribution in [3.05, 3.63) is 0 Å². The molecule has 0 aromatic heterocycles. The first kappa shape index (κ1) is 11.0. The summed E-state index contributed by atoms with van der Waals surface area (Å²) in [4.78, 5) is 10.6. The van der Waals surface area contributed by atoms with Crippen molar-refractivity contribution in [2.45, 2.75) is 39.5 Å². The molecular weight excluding hydrogens is 208 g/mol. The Kier molecular flexibility index (Phi) is 6.62. The number of carbonyl (C=O) groups excluding carboxylic acids is 1. The molecular formula is C8H15BrO2. The van der Waals surface area contributed by atoms with E-state index >= 15 is 0 Å². The van der Waals surface area contributed by atoms with Crippen LogP contribution >= 0.6 is 16.3 Å². The van der Waals surface area contributed by atoms with Crippen molar-refractivity contribution >= 4 is 22.2 Å². The molecule has 0 saturated heterocycles. The van der Waals surface area contributed by atoms with Gasteiger partial charge in [0.25, 0.3) is 0 Å². The van der Waals surface area contributed by atoms with E-state index in [0.29, 0.717) is 6.42 Å². The first-order valence-corrected chi connectivity index (χ1v) is 4.63. The smallest absolute Gasteiger partial charge is 0.317 e. The third kappa shape index (κ3) is 7.85. The molecule has 0 N–H and O–H groups in total. The highest BCUT2D eigenvalue weighted by atomic mass is 79.9. The second kappa shape index (κ2) is 6.65. The molecule has 0 saturated carbocycles. The molecule has 0 heterocycles. The van der Waals surface area contributed by atoms with Crippen LogP contribution in [0.1, 0.15) is 39.5 Å². The van der Waals surface area contributed by atoms with Gasteiger partial charge in [-0.2, -0.15) is 0 Å². The van der Waals surface area contributed by atoms with Crippen molar-refractivity contribution < 1.29 is 8.62 Å². The summed E-state index contributed by atoms with van der Waals surface area (Å²) >= 11 is 2.65. The largest absolute Gasteiger partial charge is 0.384 e. The summed E-state index contributed by atoms with van der Waals surface area (Å²) in [5.74, 6) is 0.559. The second-order valence-electron chi connectivity index (χ2n) is 3.09. The van der Waals surface area contributed by atoms with E-state index in [1.807, 2.05) is 0 Å². The van der Waals surface area contributed by atoms with Gasteiger partial charge < -0.3 is 3.83 Å². The fourth-order valence-corrected chi connectivity index (χ4v) is 1.02. The van der Waals surface area contributed by atoms with Crippen LogP contribution in [0.5, 0.6) is 0 Å². The maximum Gasteiger partial charge on any atom is 0.317 e. The van der Waals surface area contributed by atoms with Gasteiger partial charge in [0.2, 0.25) is 0 Å². The predicted molar refractivity (Wildman–Crippen MR) is 48.3 cm³/mol. The monoisotopic (exact) mass is 222 g/mol. The number of halogens is 1. The van der Waals surface area contributed by atoms with Crippen LogP contribution in [-0.4, -0.2) is 5.97 Å². The van der Waals surface area contributed by atoms with Crippen LogP contribution in [0.4, 0.5) is 0 Å².